The summed E-state index contributed by atoms with van der Waals surface area (Å²) in [5, 5.41) is 2.41. The van der Waals surface area contributed by atoms with Crippen LogP contribution >= 0.6 is 7.92 Å². The molecule has 0 saturated carbocycles. The highest BCUT2D eigenvalue weighted by molar-refractivity contribution is 7.73. The van der Waals surface area contributed by atoms with Crippen LogP contribution in [0.5, 0.6) is 0 Å². The average molecular weight is 613 g/mol. The molecule has 0 heterocycles. The van der Waals surface area contributed by atoms with E-state index in [0.29, 0.717) is 23.1 Å². The van der Waals surface area contributed by atoms with Gasteiger partial charge < -0.3 is 18.9 Å². The molecule has 44 heavy (non-hydrogen) atoms. The lowest BCUT2D eigenvalue weighted by atomic mass is 9.69. The molecule has 8 nitrogen and oxygen atoms in total. The summed E-state index contributed by atoms with van der Waals surface area (Å²) >= 11 is 0. The summed E-state index contributed by atoms with van der Waals surface area (Å²) in [7, 11) is 3.95. The number of carbonyl (C=O) groups excluding carboxylic acids is 4. The SMILES string of the molecule is COC(=O)C1=C(C(=O)OC)C(C(=O)OC)C(C(=O)OC)C2=C1C(CCP(c1ccccc1)c1ccccc1)c1ccccc12. The van der Waals surface area contributed by atoms with E-state index in [1.54, 1.807) is 0 Å². The molecule has 3 unspecified atom stereocenters. The van der Waals surface area contributed by atoms with E-state index in [1.807, 2.05) is 60.7 Å². The first-order chi connectivity index (χ1) is 21.4. The molecule has 0 radical (unpaired) electrons. The van der Waals surface area contributed by atoms with Crippen molar-refractivity contribution in [1.82, 2.24) is 0 Å². The number of fused-ring (bicyclic) bond motifs is 2. The van der Waals surface area contributed by atoms with Crippen molar-refractivity contribution in [1.29, 1.82) is 0 Å². The highest BCUT2D eigenvalue weighted by Gasteiger charge is 2.54. The van der Waals surface area contributed by atoms with Gasteiger partial charge in [0.2, 0.25) is 0 Å². The Hall–Kier alpha value is -4.55. The van der Waals surface area contributed by atoms with Crippen molar-refractivity contribution in [3.05, 3.63) is 113 Å². The fourth-order valence-corrected chi connectivity index (χ4v) is 8.81. The quantitative estimate of drug-likeness (QED) is 0.200. The van der Waals surface area contributed by atoms with Crippen molar-refractivity contribution >= 4 is 48.0 Å². The van der Waals surface area contributed by atoms with Crippen LogP contribution in [0, 0.1) is 11.8 Å². The second kappa shape index (κ2) is 13.4. The molecule has 0 fully saturated rings. The number of methoxy groups -OCH3 is 4. The van der Waals surface area contributed by atoms with Gasteiger partial charge in [0.05, 0.1) is 39.6 Å². The minimum absolute atomic E-state index is 0.0742. The number of hydrogen-bond acceptors (Lipinski definition) is 8. The molecule has 0 amide bonds. The molecular weight excluding hydrogens is 579 g/mol. The molecule has 0 saturated heterocycles. The zero-order valence-corrected chi connectivity index (χ0v) is 25.8. The van der Waals surface area contributed by atoms with Gasteiger partial charge in [-0.05, 0) is 53.4 Å². The Labute approximate surface area is 257 Å². The maximum absolute atomic E-state index is 13.6. The van der Waals surface area contributed by atoms with Gasteiger partial charge in [0.25, 0.3) is 0 Å². The first-order valence-corrected chi connectivity index (χ1v) is 15.7. The minimum atomic E-state index is -1.48. The maximum atomic E-state index is 13.6. The van der Waals surface area contributed by atoms with Crippen LogP contribution in [0.1, 0.15) is 23.5 Å². The van der Waals surface area contributed by atoms with Gasteiger partial charge in [0.15, 0.2) is 0 Å². The summed E-state index contributed by atoms with van der Waals surface area (Å²) in [5.41, 5.74) is 2.20. The normalized spacial score (nSPS) is 18.8. The summed E-state index contributed by atoms with van der Waals surface area (Å²) in [6.45, 7) is 0. The van der Waals surface area contributed by atoms with Gasteiger partial charge in [-0.25, -0.2) is 9.59 Å². The molecule has 9 heteroatoms. The Morgan fingerprint density at radius 2 is 1.14 bits per heavy atom. The minimum Gasteiger partial charge on any atom is -0.469 e. The second-order valence-electron chi connectivity index (χ2n) is 10.4. The molecule has 0 aliphatic heterocycles. The van der Waals surface area contributed by atoms with Crippen LogP contribution in [0.25, 0.3) is 5.57 Å². The predicted molar refractivity (Wildman–Crippen MR) is 167 cm³/mol. The molecule has 0 bridgehead atoms. The lowest BCUT2D eigenvalue weighted by Crippen LogP contribution is -2.41. The third-order valence-corrected chi connectivity index (χ3v) is 10.8. The van der Waals surface area contributed by atoms with E-state index in [-0.39, 0.29) is 11.1 Å². The second-order valence-corrected chi connectivity index (χ2v) is 12.7. The Morgan fingerprint density at radius 3 is 1.68 bits per heavy atom. The van der Waals surface area contributed by atoms with Crippen LogP contribution in [-0.2, 0) is 38.1 Å². The fraction of sp³-hybridized carbons (Fsp3) is 0.257. The first kappa shape index (κ1) is 30.9. The summed E-state index contributed by atoms with van der Waals surface area (Å²) in [5.74, 6) is -6.45. The third kappa shape index (κ3) is 5.46. The van der Waals surface area contributed by atoms with Crippen LogP contribution in [0.4, 0.5) is 0 Å². The van der Waals surface area contributed by atoms with Crippen LogP contribution in [0.15, 0.2) is 102 Å². The van der Waals surface area contributed by atoms with Gasteiger partial charge in [-0.3, -0.25) is 9.59 Å². The zero-order chi connectivity index (χ0) is 31.4. The van der Waals surface area contributed by atoms with Gasteiger partial charge in [-0.2, -0.15) is 0 Å². The molecule has 5 rings (SSSR count). The fourth-order valence-electron chi connectivity index (χ4n) is 6.42. The smallest absolute Gasteiger partial charge is 0.338 e. The van der Waals surface area contributed by atoms with Crippen LogP contribution in [-0.4, -0.2) is 58.5 Å². The molecule has 3 aromatic rings. The lowest BCUT2D eigenvalue weighted by Gasteiger charge is -2.33. The highest BCUT2D eigenvalue weighted by atomic mass is 31.1. The van der Waals surface area contributed by atoms with Crippen LogP contribution in [0.3, 0.4) is 0 Å². The molecule has 0 spiro atoms. The van der Waals surface area contributed by atoms with Crippen molar-refractivity contribution < 1.29 is 38.1 Å². The lowest BCUT2D eigenvalue weighted by molar-refractivity contribution is -0.155. The van der Waals surface area contributed by atoms with Gasteiger partial charge in [-0.1, -0.05) is 84.9 Å². The molecule has 0 N–H and O–H groups in total. The Balaban J connectivity index is 1.74. The largest absolute Gasteiger partial charge is 0.469 e. The van der Waals surface area contributed by atoms with Gasteiger partial charge in [-0.15, -0.1) is 0 Å². The van der Waals surface area contributed by atoms with E-state index in [2.05, 4.69) is 24.3 Å². The third-order valence-electron chi connectivity index (χ3n) is 8.24. The van der Waals surface area contributed by atoms with Gasteiger partial charge in [0.1, 0.15) is 11.8 Å². The van der Waals surface area contributed by atoms with E-state index in [4.69, 9.17) is 18.9 Å². The summed E-state index contributed by atoms with van der Waals surface area (Å²) in [4.78, 5) is 54.0. The number of rotatable bonds is 9. The highest BCUT2D eigenvalue weighted by Crippen LogP contribution is 2.57. The number of hydrogen-bond donors (Lipinski definition) is 0. The molecule has 3 atom stereocenters. The van der Waals surface area contributed by atoms with E-state index < -0.39 is 49.6 Å². The number of ether oxygens (including phenoxy) is 4. The number of benzene rings is 3. The van der Waals surface area contributed by atoms with Crippen molar-refractivity contribution in [3.63, 3.8) is 0 Å². The van der Waals surface area contributed by atoms with Gasteiger partial charge >= 0.3 is 23.9 Å². The molecule has 226 valence electrons. The van der Waals surface area contributed by atoms with E-state index in [9.17, 15) is 19.2 Å². The zero-order valence-electron chi connectivity index (χ0n) is 24.9. The first-order valence-electron chi connectivity index (χ1n) is 14.2. The Bertz CT molecular complexity index is 1600. The molecular formula is C35H33O8P. The summed E-state index contributed by atoms with van der Waals surface area (Å²) in [6.07, 6.45) is 1.32. The van der Waals surface area contributed by atoms with Gasteiger partial charge in [0, 0.05) is 5.92 Å². The number of esters is 4. The Morgan fingerprint density at radius 1 is 0.614 bits per heavy atom. The average Bonchev–Trinajstić information content (AvgIpc) is 3.40. The number of carbonyl (C=O) groups is 4. The standard InChI is InChI=1S/C35H33O8P/c1-40-32(36)28-26-24-18-12-11-17-23(24)25(19-20-44(21-13-7-5-8-14-21)22-15-9-6-10-16-22)27(26)29(33(37)41-2)31(35(39)43-4)30(28)34(38)42-3/h5-18,25,28,30H,19-20H2,1-4H3. The monoisotopic (exact) mass is 612 g/mol. The van der Waals surface area contributed by atoms with Crippen molar-refractivity contribution in [3.8, 4) is 0 Å². The van der Waals surface area contributed by atoms with Crippen LogP contribution in [0.2, 0.25) is 0 Å². The molecule has 3 aromatic carbocycles. The Kier molecular flexibility index (Phi) is 9.40. The van der Waals surface area contributed by atoms with Crippen molar-refractivity contribution in [2.24, 2.45) is 11.8 Å². The van der Waals surface area contributed by atoms with E-state index in [1.165, 1.54) is 24.8 Å². The van der Waals surface area contributed by atoms with E-state index in [0.717, 1.165) is 25.9 Å². The topological polar surface area (TPSA) is 105 Å². The molecule has 2 aliphatic carbocycles. The maximum Gasteiger partial charge on any atom is 0.338 e. The summed E-state index contributed by atoms with van der Waals surface area (Å²) < 4.78 is 20.6. The molecule has 2 aliphatic rings. The van der Waals surface area contributed by atoms with Crippen molar-refractivity contribution in [2.75, 3.05) is 34.6 Å². The van der Waals surface area contributed by atoms with Crippen molar-refractivity contribution in [2.45, 2.75) is 12.3 Å². The molecule has 0 aromatic heterocycles. The van der Waals surface area contributed by atoms with Crippen LogP contribution < -0.4 is 10.6 Å². The predicted octanol–water partition coefficient (Wildman–Crippen LogP) is 4.30. The van der Waals surface area contributed by atoms with E-state index >= 15 is 0 Å². The summed E-state index contributed by atoms with van der Waals surface area (Å²) in [6, 6.07) is 28.1.